The van der Waals surface area contributed by atoms with Gasteiger partial charge in [-0.1, -0.05) is 0 Å². The van der Waals surface area contributed by atoms with E-state index in [2.05, 4.69) is 10.1 Å². The number of nitrogen functional groups attached to an aromatic ring is 1. The molecule has 0 unspecified atom stereocenters. The maximum absolute atomic E-state index is 5.60. The molecule has 0 saturated heterocycles. The topological polar surface area (TPSA) is 75.2 Å². The lowest BCUT2D eigenvalue weighted by atomic mass is 10.3. The molecule has 0 aliphatic carbocycles. The fourth-order valence-corrected chi connectivity index (χ4v) is 1.58. The number of ether oxygens (including phenoxy) is 2. The largest absolute Gasteiger partial charge is 0.493 e. The number of aromatic nitrogens is 3. The Kier molecular flexibility index (Phi) is 3.13. The maximum atomic E-state index is 5.60. The van der Waals surface area contributed by atoms with Crippen LogP contribution in [0.3, 0.4) is 0 Å². The van der Waals surface area contributed by atoms with E-state index in [0.29, 0.717) is 23.7 Å². The van der Waals surface area contributed by atoms with E-state index < -0.39 is 0 Å². The maximum Gasteiger partial charge on any atom is 0.184 e. The fourth-order valence-electron chi connectivity index (χ4n) is 1.58. The summed E-state index contributed by atoms with van der Waals surface area (Å²) in [6, 6.07) is 1.75. The highest BCUT2D eigenvalue weighted by molar-refractivity contribution is 5.42. The van der Waals surface area contributed by atoms with Crippen LogP contribution < -0.4 is 15.2 Å². The average Bonchev–Trinajstić information content (AvgIpc) is 2.74. The van der Waals surface area contributed by atoms with Gasteiger partial charge in [-0.3, -0.25) is 9.67 Å². The summed E-state index contributed by atoms with van der Waals surface area (Å²) in [5, 5.41) is 4.10. The smallest absolute Gasteiger partial charge is 0.184 e. The van der Waals surface area contributed by atoms with E-state index in [1.54, 1.807) is 43.6 Å². The van der Waals surface area contributed by atoms with Crippen molar-refractivity contribution in [3.8, 4) is 11.5 Å². The van der Waals surface area contributed by atoms with Gasteiger partial charge in [-0.2, -0.15) is 5.10 Å². The summed E-state index contributed by atoms with van der Waals surface area (Å²) in [6.45, 7) is 0.484. The number of nitrogens with two attached hydrogens (primary N) is 1. The highest BCUT2D eigenvalue weighted by Crippen LogP contribution is 2.29. The highest BCUT2D eigenvalue weighted by atomic mass is 16.5. The molecule has 0 bridgehead atoms. The first-order valence-electron chi connectivity index (χ1n) is 5.08. The predicted octanol–water partition coefficient (Wildman–Crippen LogP) is 0.926. The van der Waals surface area contributed by atoms with Crippen LogP contribution in [0, 0.1) is 0 Å². The van der Waals surface area contributed by atoms with Gasteiger partial charge in [-0.25, -0.2) is 0 Å². The summed E-state index contributed by atoms with van der Waals surface area (Å²) in [5.41, 5.74) is 6.96. The number of anilines is 1. The minimum absolute atomic E-state index is 0.484. The van der Waals surface area contributed by atoms with Crippen LogP contribution >= 0.6 is 0 Å². The van der Waals surface area contributed by atoms with Crippen LogP contribution in [0.4, 0.5) is 5.69 Å². The molecule has 2 aromatic heterocycles. The average molecular weight is 234 g/mol. The van der Waals surface area contributed by atoms with Gasteiger partial charge < -0.3 is 15.2 Å². The first kappa shape index (κ1) is 11.3. The lowest BCUT2D eigenvalue weighted by molar-refractivity contribution is 0.348. The number of pyridine rings is 1. The number of hydrogen-bond acceptors (Lipinski definition) is 5. The lowest BCUT2D eigenvalue weighted by Crippen LogP contribution is -2.05. The molecular formula is C11H14N4O2. The van der Waals surface area contributed by atoms with Gasteiger partial charge in [0, 0.05) is 18.5 Å². The summed E-state index contributed by atoms with van der Waals surface area (Å²) in [5.74, 6) is 1.27. The molecule has 6 nitrogen and oxygen atoms in total. The second kappa shape index (κ2) is 4.73. The van der Waals surface area contributed by atoms with Crippen molar-refractivity contribution in [2.75, 3.05) is 20.0 Å². The first-order chi connectivity index (χ1) is 8.24. The van der Waals surface area contributed by atoms with E-state index in [1.807, 2.05) is 0 Å². The van der Waals surface area contributed by atoms with Crippen LogP contribution in [0.2, 0.25) is 0 Å². The third-order valence-corrected chi connectivity index (χ3v) is 2.33. The van der Waals surface area contributed by atoms with Gasteiger partial charge in [0.05, 0.1) is 32.6 Å². The molecule has 6 heteroatoms. The van der Waals surface area contributed by atoms with Gasteiger partial charge in [0.25, 0.3) is 0 Å². The molecule has 2 N–H and O–H groups in total. The second-order valence-corrected chi connectivity index (χ2v) is 3.46. The summed E-state index contributed by atoms with van der Waals surface area (Å²) >= 11 is 0. The zero-order chi connectivity index (χ0) is 12.3. The lowest BCUT2D eigenvalue weighted by Gasteiger charge is -2.11. The Hall–Kier alpha value is -2.24. The Morgan fingerprint density at radius 2 is 2.18 bits per heavy atom. The van der Waals surface area contributed by atoms with Crippen LogP contribution in [0.15, 0.2) is 24.7 Å². The van der Waals surface area contributed by atoms with Gasteiger partial charge in [-0.05, 0) is 0 Å². The molecule has 2 heterocycles. The molecule has 90 valence electrons. The molecular weight excluding hydrogens is 220 g/mol. The SMILES string of the molecule is COc1ccnc(Cn2cc(N)cn2)c1OC. The molecule has 2 rings (SSSR count). The van der Waals surface area contributed by atoms with Crippen molar-refractivity contribution in [1.82, 2.24) is 14.8 Å². The van der Waals surface area contributed by atoms with Gasteiger partial charge in [-0.15, -0.1) is 0 Å². The molecule has 0 amide bonds. The minimum atomic E-state index is 0.484. The zero-order valence-corrected chi connectivity index (χ0v) is 9.75. The normalized spacial score (nSPS) is 10.2. The van der Waals surface area contributed by atoms with Crippen molar-refractivity contribution in [2.45, 2.75) is 6.54 Å². The Labute approximate surface area is 99.0 Å². The molecule has 17 heavy (non-hydrogen) atoms. The summed E-state index contributed by atoms with van der Waals surface area (Å²) in [6.07, 6.45) is 5.00. The van der Waals surface area contributed by atoms with E-state index in [-0.39, 0.29) is 0 Å². The minimum Gasteiger partial charge on any atom is -0.493 e. The highest BCUT2D eigenvalue weighted by Gasteiger charge is 2.11. The van der Waals surface area contributed by atoms with Crippen LogP contribution in [0.25, 0.3) is 0 Å². The molecule has 2 aromatic rings. The van der Waals surface area contributed by atoms with Gasteiger partial charge in [0.2, 0.25) is 0 Å². The Bertz CT molecular complexity index is 510. The Morgan fingerprint density at radius 3 is 2.76 bits per heavy atom. The number of nitrogens with zero attached hydrogens (tertiary/aromatic N) is 3. The van der Waals surface area contributed by atoms with E-state index in [0.717, 1.165) is 5.69 Å². The molecule has 0 aromatic carbocycles. The third-order valence-electron chi connectivity index (χ3n) is 2.33. The molecule has 0 atom stereocenters. The monoisotopic (exact) mass is 234 g/mol. The van der Waals surface area contributed by atoms with Crippen LogP contribution in [0.1, 0.15) is 5.69 Å². The first-order valence-corrected chi connectivity index (χ1v) is 5.08. The van der Waals surface area contributed by atoms with E-state index in [1.165, 1.54) is 0 Å². The molecule has 0 aliphatic rings. The van der Waals surface area contributed by atoms with Gasteiger partial charge >= 0.3 is 0 Å². The third kappa shape index (κ3) is 2.30. The van der Waals surface area contributed by atoms with E-state index >= 15 is 0 Å². The summed E-state index contributed by atoms with van der Waals surface area (Å²) in [4.78, 5) is 4.26. The Morgan fingerprint density at radius 1 is 1.35 bits per heavy atom. The second-order valence-electron chi connectivity index (χ2n) is 3.46. The van der Waals surface area contributed by atoms with Crippen LogP contribution in [-0.2, 0) is 6.54 Å². The standard InChI is InChI=1S/C11H14N4O2/c1-16-10-3-4-13-9(11(10)17-2)7-15-6-8(12)5-14-15/h3-6H,7,12H2,1-2H3. The van der Waals surface area contributed by atoms with Crippen LogP contribution in [-0.4, -0.2) is 29.0 Å². The van der Waals surface area contributed by atoms with Crippen LogP contribution in [0.5, 0.6) is 11.5 Å². The van der Waals surface area contributed by atoms with Gasteiger partial charge in [0.15, 0.2) is 11.5 Å². The van der Waals surface area contributed by atoms with Crippen molar-refractivity contribution in [3.63, 3.8) is 0 Å². The number of methoxy groups -OCH3 is 2. The van der Waals surface area contributed by atoms with E-state index in [9.17, 15) is 0 Å². The fraction of sp³-hybridized carbons (Fsp3) is 0.273. The molecule has 0 radical (unpaired) electrons. The van der Waals surface area contributed by atoms with Crippen molar-refractivity contribution >= 4 is 5.69 Å². The van der Waals surface area contributed by atoms with Crippen molar-refractivity contribution in [1.29, 1.82) is 0 Å². The summed E-state index contributed by atoms with van der Waals surface area (Å²) in [7, 11) is 3.17. The van der Waals surface area contributed by atoms with Crippen molar-refractivity contribution < 1.29 is 9.47 Å². The number of hydrogen-bond donors (Lipinski definition) is 1. The zero-order valence-electron chi connectivity index (χ0n) is 9.75. The predicted molar refractivity (Wildman–Crippen MR) is 63.1 cm³/mol. The molecule has 0 fully saturated rings. The molecule has 0 aliphatic heterocycles. The van der Waals surface area contributed by atoms with Crippen molar-refractivity contribution in [2.24, 2.45) is 0 Å². The quantitative estimate of drug-likeness (QED) is 0.851. The molecule has 0 saturated carbocycles. The summed E-state index contributed by atoms with van der Waals surface area (Å²) < 4.78 is 12.2. The Balaban J connectivity index is 2.32. The van der Waals surface area contributed by atoms with Crippen molar-refractivity contribution in [3.05, 3.63) is 30.4 Å². The molecule has 0 spiro atoms. The number of rotatable bonds is 4. The van der Waals surface area contributed by atoms with Gasteiger partial charge in [0.1, 0.15) is 5.69 Å². The van der Waals surface area contributed by atoms with E-state index in [4.69, 9.17) is 15.2 Å².